The third-order valence-electron chi connectivity index (χ3n) is 6.03. The van der Waals surface area contributed by atoms with Crippen molar-refractivity contribution in [1.29, 1.82) is 0 Å². The largest absolute Gasteiger partial charge is 0.487 e. The molecule has 1 saturated carbocycles. The normalized spacial score (nSPS) is 18.1. The Hall–Kier alpha value is -3.63. The van der Waals surface area contributed by atoms with Gasteiger partial charge in [-0.2, -0.15) is 10.1 Å². The first-order chi connectivity index (χ1) is 16.3. The SMILES string of the molecule is Cc1nc(-c2cnn(C)c2CNc2ncnc(C(C)C)n2)ncc1OC1CCCC(C(=O)O)C1. The van der Waals surface area contributed by atoms with Crippen LogP contribution < -0.4 is 10.1 Å². The van der Waals surface area contributed by atoms with Crippen LogP contribution in [0.3, 0.4) is 0 Å². The van der Waals surface area contributed by atoms with E-state index in [2.05, 4.69) is 35.3 Å². The van der Waals surface area contributed by atoms with Crippen molar-refractivity contribution in [1.82, 2.24) is 34.7 Å². The lowest BCUT2D eigenvalue weighted by molar-refractivity contribution is -0.143. The monoisotopic (exact) mass is 466 g/mol. The summed E-state index contributed by atoms with van der Waals surface area (Å²) in [6.07, 6.45) is 7.63. The summed E-state index contributed by atoms with van der Waals surface area (Å²) in [5.41, 5.74) is 2.38. The summed E-state index contributed by atoms with van der Waals surface area (Å²) in [6, 6.07) is 0. The number of rotatable bonds is 8. The Labute approximate surface area is 198 Å². The second kappa shape index (κ2) is 10.1. The Morgan fingerprint density at radius 3 is 2.79 bits per heavy atom. The lowest BCUT2D eigenvalue weighted by Crippen LogP contribution is -2.29. The van der Waals surface area contributed by atoms with Crippen LogP contribution in [-0.2, 0) is 18.4 Å². The van der Waals surface area contributed by atoms with E-state index in [0.29, 0.717) is 42.6 Å². The van der Waals surface area contributed by atoms with Gasteiger partial charge in [-0.05, 0) is 32.6 Å². The zero-order chi connectivity index (χ0) is 24.2. The molecule has 0 bridgehead atoms. The molecule has 0 spiro atoms. The number of hydrogen-bond acceptors (Lipinski definition) is 9. The highest BCUT2D eigenvalue weighted by atomic mass is 16.5. The summed E-state index contributed by atoms with van der Waals surface area (Å²) in [5, 5.41) is 16.9. The molecule has 3 heterocycles. The maximum absolute atomic E-state index is 11.3. The molecule has 1 aliphatic carbocycles. The summed E-state index contributed by atoms with van der Waals surface area (Å²) in [4.78, 5) is 33.4. The molecule has 34 heavy (non-hydrogen) atoms. The molecule has 11 nitrogen and oxygen atoms in total. The lowest BCUT2D eigenvalue weighted by Gasteiger charge is -2.27. The number of aromatic nitrogens is 7. The van der Waals surface area contributed by atoms with Crippen molar-refractivity contribution in [3.05, 3.63) is 35.9 Å². The fourth-order valence-electron chi connectivity index (χ4n) is 4.05. The molecule has 2 N–H and O–H groups in total. The van der Waals surface area contributed by atoms with Gasteiger partial charge in [-0.15, -0.1) is 0 Å². The van der Waals surface area contributed by atoms with Gasteiger partial charge in [0.2, 0.25) is 5.95 Å². The van der Waals surface area contributed by atoms with Gasteiger partial charge in [0, 0.05) is 13.0 Å². The third-order valence-corrected chi connectivity index (χ3v) is 6.03. The molecule has 0 radical (unpaired) electrons. The van der Waals surface area contributed by atoms with Gasteiger partial charge in [0.15, 0.2) is 11.6 Å². The Morgan fingerprint density at radius 2 is 2.06 bits per heavy atom. The van der Waals surface area contributed by atoms with Crippen LogP contribution in [0.2, 0.25) is 0 Å². The number of aliphatic carboxylic acids is 1. The summed E-state index contributed by atoms with van der Waals surface area (Å²) in [7, 11) is 1.86. The maximum Gasteiger partial charge on any atom is 0.306 e. The lowest BCUT2D eigenvalue weighted by atomic mass is 9.87. The molecule has 2 atom stereocenters. The number of carboxylic acids is 1. The predicted molar refractivity (Wildman–Crippen MR) is 124 cm³/mol. The second-order valence-electron chi connectivity index (χ2n) is 8.89. The van der Waals surface area contributed by atoms with Crippen LogP contribution in [0.5, 0.6) is 5.75 Å². The van der Waals surface area contributed by atoms with Gasteiger partial charge < -0.3 is 15.2 Å². The van der Waals surface area contributed by atoms with Gasteiger partial charge in [0.1, 0.15) is 12.2 Å². The molecule has 0 amide bonds. The van der Waals surface area contributed by atoms with E-state index in [1.165, 1.54) is 6.33 Å². The van der Waals surface area contributed by atoms with Gasteiger partial charge in [0.05, 0.1) is 47.9 Å². The van der Waals surface area contributed by atoms with Crippen molar-refractivity contribution in [2.24, 2.45) is 13.0 Å². The number of ether oxygens (including phenoxy) is 1. The van der Waals surface area contributed by atoms with Gasteiger partial charge in [-0.1, -0.05) is 13.8 Å². The molecule has 0 aliphatic heterocycles. The fraction of sp³-hybridized carbons (Fsp3) is 0.522. The average molecular weight is 467 g/mol. The van der Waals surface area contributed by atoms with Crippen LogP contribution >= 0.6 is 0 Å². The van der Waals surface area contributed by atoms with Crippen LogP contribution in [0.15, 0.2) is 18.7 Å². The molecule has 0 aromatic carbocycles. The van der Waals surface area contributed by atoms with E-state index in [1.54, 1.807) is 17.1 Å². The topological polar surface area (TPSA) is 141 Å². The zero-order valence-corrected chi connectivity index (χ0v) is 19.9. The standard InChI is InChI=1S/C23H30N8O3/c1-13(2)20-26-12-27-23(30-20)25-10-18-17(9-28-31(18)4)21-24-11-19(14(3)29-21)34-16-7-5-6-15(8-16)22(32)33/h9,11-13,15-16H,5-8,10H2,1-4H3,(H,32,33)(H,25,26,27,30). The van der Waals surface area contributed by atoms with E-state index in [0.717, 1.165) is 29.9 Å². The number of carboxylic acid groups (broad SMARTS) is 1. The van der Waals surface area contributed by atoms with Crippen LogP contribution in [0.1, 0.15) is 62.7 Å². The van der Waals surface area contributed by atoms with Crippen LogP contribution in [-0.4, -0.2) is 51.9 Å². The third kappa shape index (κ3) is 5.29. The van der Waals surface area contributed by atoms with E-state index in [9.17, 15) is 9.90 Å². The van der Waals surface area contributed by atoms with Gasteiger partial charge in [-0.25, -0.2) is 19.9 Å². The molecule has 2 unspecified atom stereocenters. The van der Waals surface area contributed by atoms with E-state index in [4.69, 9.17) is 4.74 Å². The summed E-state index contributed by atoms with van der Waals surface area (Å²) >= 11 is 0. The Kier molecular flexibility index (Phi) is 6.99. The molecule has 1 fully saturated rings. The number of nitrogens with zero attached hydrogens (tertiary/aromatic N) is 7. The molecule has 11 heteroatoms. The Morgan fingerprint density at radius 1 is 1.24 bits per heavy atom. The smallest absolute Gasteiger partial charge is 0.306 e. The molecule has 180 valence electrons. The van der Waals surface area contributed by atoms with Gasteiger partial charge in [-0.3, -0.25) is 9.48 Å². The predicted octanol–water partition coefficient (Wildman–Crippen LogP) is 3.13. The Bertz CT molecular complexity index is 1160. The quantitative estimate of drug-likeness (QED) is 0.508. The number of hydrogen-bond donors (Lipinski definition) is 2. The van der Waals surface area contributed by atoms with E-state index in [-0.39, 0.29) is 17.9 Å². The Balaban J connectivity index is 1.48. The van der Waals surface area contributed by atoms with Crippen molar-refractivity contribution in [3.63, 3.8) is 0 Å². The van der Waals surface area contributed by atoms with Crippen molar-refractivity contribution in [3.8, 4) is 17.1 Å². The van der Waals surface area contributed by atoms with Crippen molar-refractivity contribution < 1.29 is 14.6 Å². The highest BCUT2D eigenvalue weighted by Crippen LogP contribution is 2.30. The molecule has 3 aromatic rings. The summed E-state index contributed by atoms with van der Waals surface area (Å²) in [6.45, 7) is 6.37. The van der Waals surface area contributed by atoms with Crippen molar-refractivity contribution in [2.75, 3.05) is 5.32 Å². The van der Waals surface area contributed by atoms with Crippen LogP contribution in [0.25, 0.3) is 11.4 Å². The summed E-state index contributed by atoms with van der Waals surface area (Å²) < 4.78 is 7.85. The zero-order valence-electron chi connectivity index (χ0n) is 19.9. The molecule has 3 aromatic heterocycles. The van der Waals surface area contributed by atoms with Gasteiger partial charge in [0.25, 0.3) is 0 Å². The highest BCUT2D eigenvalue weighted by molar-refractivity contribution is 5.70. The summed E-state index contributed by atoms with van der Waals surface area (Å²) in [5.74, 6) is 1.44. The first-order valence-corrected chi connectivity index (χ1v) is 11.5. The van der Waals surface area contributed by atoms with Crippen LogP contribution in [0, 0.1) is 12.8 Å². The molecular weight excluding hydrogens is 436 g/mol. The van der Waals surface area contributed by atoms with Gasteiger partial charge >= 0.3 is 5.97 Å². The molecule has 4 rings (SSSR count). The van der Waals surface area contributed by atoms with E-state index < -0.39 is 5.97 Å². The highest BCUT2D eigenvalue weighted by Gasteiger charge is 2.28. The first-order valence-electron chi connectivity index (χ1n) is 11.5. The number of nitrogens with one attached hydrogen (secondary N) is 1. The number of carbonyl (C=O) groups is 1. The number of anilines is 1. The maximum atomic E-state index is 11.3. The molecule has 0 saturated heterocycles. The first kappa shape index (κ1) is 23.5. The molecular formula is C23H30N8O3. The molecule has 1 aliphatic rings. The number of aryl methyl sites for hydroxylation is 2. The van der Waals surface area contributed by atoms with E-state index in [1.807, 2.05) is 27.8 Å². The van der Waals surface area contributed by atoms with Crippen LogP contribution in [0.4, 0.5) is 5.95 Å². The minimum Gasteiger partial charge on any atom is -0.487 e. The minimum atomic E-state index is -0.757. The second-order valence-corrected chi connectivity index (χ2v) is 8.89. The van der Waals surface area contributed by atoms with E-state index >= 15 is 0 Å². The minimum absolute atomic E-state index is 0.141. The average Bonchev–Trinajstić information content (AvgIpc) is 3.19. The fourth-order valence-corrected chi connectivity index (χ4v) is 4.05. The van der Waals surface area contributed by atoms with Crippen molar-refractivity contribution >= 4 is 11.9 Å². The van der Waals surface area contributed by atoms with Crippen molar-refractivity contribution in [2.45, 2.75) is 65.0 Å².